The van der Waals surface area contributed by atoms with Gasteiger partial charge in [-0.15, -0.1) is 0 Å². The molecule has 0 N–H and O–H groups in total. The molecule has 31 heavy (non-hydrogen) atoms. The fourth-order valence-corrected chi connectivity index (χ4v) is 5.04. The third-order valence-corrected chi connectivity index (χ3v) is 6.84. The minimum Gasteiger partial charge on any atom is -0.374 e. The van der Waals surface area contributed by atoms with Crippen LogP contribution >= 0.6 is 8.53 Å². The standard InChI is InChI=1S/C21H34N3O6P/c1-15(2)24(16(3)4)31(28-9-8-22-7)29-14-21(6)13-27-12-20(30-21)23-11-17(5)18(25)10-19(23)26/h11,15-16,20H,8-10,12-14H2,1-6H3/t20-,21+,31?/m1/s1/i6D. The number of nitrogens with zero attached hydrogens (tertiary/aromatic N) is 3. The SMILES string of the molecule is [2H]C[C@@]1(COP(OCC[N+]#[C-])N(C(C)C)C(C)C)COC[C@H](N2C=C(C)C(=O)CC2=O)O1. The lowest BCUT2D eigenvalue weighted by molar-refractivity contribution is -0.235. The van der Waals surface area contributed by atoms with Gasteiger partial charge in [-0.3, -0.25) is 14.5 Å². The van der Waals surface area contributed by atoms with E-state index in [1.807, 2.05) is 27.7 Å². The Labute approximate surface area is 187 Å². The molecule has 2 heterocycles. The molecule has 1 amide bonds. The molecule has 0 spiro atoms. The second-order valence-electron chi connectivity index (χ2n) is 8.28. The zero-order chi connectivity index (χ0) is 23.9. The monoisotopic (exact) mass is 456 g/mol. The minimum absolute atomic E-state index is 0.0380. The van der Waals surface area contributed by atoms with Crippen molar-refractivity contribution >= 4 is 20.2 Å². The molecule has 0 aliphatic carbocycles. The normalized spacial score (nSPS) is 26.3. The Bertz CT molecular complexity index is 736. The lowest BCUT2D eigenvalue weighted by Gasteiger charge is -2.43. The van der Waals surface area contributed by atoms with E-state index >= 15 is 0 Å². The Morgan fingerprint density at radius 1 is 1.39 bits per heavy atom. The molecule has 2 aliphatic rings. The molecule has 0 aromatic heterocycles. The third kappa shape index (κ3) is 7.04. The number of ketones is 1. The van der Waals surface area contributed by atoms with Gasteiger partial charge in [-0.1, -0.05) is 0 Å². The molecule has 2 rings (SSSR count). The zero-order valence-electron chi connectivity index (χ0n) is 20.0. The second kappa shape index (κ2) is 11.5. The van der Waals surface area contributed by atoms with Crippen LogP contribution in [0.4, 0.5) is 0 Å². The van der Waals surface area contributed by atoms with Crippen LogP contribution in [0.5, 0.6) is 0 Å². The van der Waals surface area contributed by atoms with E-state index in [4.69, 9.17) is 26.5 Å². The molecule has 9 nitrogen and oxygen atoms in total. The Morgan fingerprint density at radius 3 is 2.71 bits per heavy atom. The van der Waals surface area contributed by atoms with Gasteiger partial charge in [0, 0.05) is 25.2 Å². The lowest BCUT2D eigenvalue weighted by Crippen LogP contribution is -2.55. The van der Waals surface area contributed by atoms with Gasteiger partial charge in [0.05, 0.1) is 26.2 Å². The average Bonchev–Trinajstić information content (AvgIpc) is 2.74. The summed E-state index contributed by atoms with van der Waals surface area (Å²) >= 11 is 0. The molecule has 0 aromatic carbocycles. The molecule has 0 saturated carbocycles. The van der Waals surface area contributed by atoms with E-state index < -0.39 is 20.4 Å². The number of amides is 1. The first kappa shape index (κ1) is 24.2. The lowest BCUT2D eigenvalue weighted by atomic mass is 10.1. The van der Waals surface area contributed by atoms with E-state index in [9.17, 15) is 9.59 Å². The summed E-state index contributed by atoms with van der Waals surface area (Å²) in [6, 6.07) is 0.294. The number of carbonyl (C=O) groups is 2. The highest BCUT2D eigenvalue weighted by Gasteiger charge is 2.41. The molecule has 1 fully saturated rings. The highest BCUT2D eigenvalue weighted by Crippen LogP contribution is 2.46. The van der Waals surface area contributed by atoms with Gasteiger partial charge in [-0.25, -0.2) is 11.2 Å². The molecule has 2 aliphatic heterocycles. The van der Waals surface area contributed by atoms with Crippen LogP contribution in [-0.2, 0) is 28.1 Å². The van der Waals surface area contributed by atoms with Crippen LogP contribution in [0, 0.1) is 6.57 Å². The Morgan fingerprint density at radius 2 is 2.10 bits per heavy atom. The molecule has 1 saturated heterocycles. The van der Waals surface area contributed by atoms with Crippen molar-refractivity contribution in [3.8, 4) is 0 Å². The number of hydrogen-bond donors (Lipinski definition) is 0. The van der Waals surface area contributed by atoms with Crippen molar-refractivity contribution in [2.45, 2.75) is 71.9 Å². The van der Waals surface area contributed by atoms with Gasteiger partial charge in [0.1, 0.15) is 12.2 Å². The van der Waals surface area contributed by atoms with Gasteiger partial charge in [-0.05, 0) is 41.5 Å². The molecule has 10 heteroatoms. The van der Waals surface area contributed by atoms with E-state index in [1.54, 1.807) is 6.92 Å². The van der Waals surface area contributed by atoms with E-state index in [0.29, 0.717) is 5.57 Å². The summed E-state index contributed by atoms with van der Waals surface area (Å²) < 4.78 is 34.2. The average molecular weight is 456 g/mol. The summed E-state index contributed by atoms with van der Waals surface area (Å²) in [5, 5.41) is 0. The first-order chi connectivity index (χ1) is 15.1. The minimum atomic E-state index is -1.49. The fraction of sp³-hybridized carbons (Fsp3) is 0.762. The van der Waals surface area contributed by atoms with Gasteiger partial charge in [0.25, 0.3) is 8.53 Å². The van der Waals surface area contributed by atoms with E-state index in [2.05, 4.69) is 9.52 Å². The topological polar surface area (TPSA) is 81.9 Å². The van der Waals surface area contributed by atoms with E-state index in [1.165, 1.54) is 11.1 Å². The number of Topliss-reactive ketones (excluding diaryl/α,β-unsaturated/α-hetero) is 1. The zero-order valence-corrected chi connectivity index (χ0v) is 19.9. The summed E-state index contributed by atoms with van der Waals surface area (Å²) in [6.07, 6.45) is 0.543. The number of hydrogen-bond acceptors (Lipinski definition) is 7. The van der Waals surface area contributed by atoms with Gasteiger partial charge in [0.2, 0.25) is 12.5 Å². The van der Waals surface area contributed by atoms with Crippen molar-refractivity contribution in [1.82, 2.24) is 9.57 Å². The predicted octanol–water partition coefficient (Wildman–Crippen LogP) is 3.12. The largest absolute Gasteiger partial charge is 0.374 e. The predicted molar refractivity (Wildman–Crippen MR) is 117 cm³/mol. The van der Waals surface area contributed by atoms with Crippen LogP contribution in [0.15, 0.2) is 11.8 Å². The molecule has 0 aromatic rings. The van der Waals surface area contributed by atoms with Gasteiger partial charge in [0.15, 0.2) is 12.0 Å². The van der Waals surface area contributed by atoms with Crippen LogP contribution < -0.4 is 0 Å². The van der Waals surface area contributed by atoms with Crippen molar-refractivity contribution < 1.29 is 29.5 Å². The Balaban J connectivity index is 2.15. The molecule has 0 bridgehead atoms. The Kier molecular flexibility index (Phi) is 8.96. The van der Waals surface area contributed by atoms with Crippen molar-refractivity contribution in [2.75, 3.05) is 33.0 Å². The van der Waals surface area contributed by atoms with E-state index in [0.717, 1.165) is 0 Å². The van der Waals surface area contributed by atoms with Crippen LogP contribution in [0.2, 0.25) is 0 Å². The number of ether oxygens (including phenoxy) is 2. The van der Waals surface area contributed by atoms with E-state index in [-0.39, 0.29) is 70.1 Å². The summed E-state index contributed by atoms with van der Waals surface area (Å²) in [6.45, 7) is 17.5. The maximum atomic E-state index is 12.4. The molecule has 174 valence electrons. The number of carbonyl (C=O) groups excluding carboxylic acids is 2. The smallest absolute Gasteiger partial charge is 0.259 e. The highest BCUT2D eigenvalue weighted by molar-refractivity contribution is 7.44. The Hall–Kier alpha value is -1.40. The summed E-state index contributed by atoms with van der Waals surface area (Å²) in [5.74, 6) is -0.561. The maximum absolute atomic E-state index is 12.4. The van der Waals surface area contributed by atoms with Crippen LogP contribution in [0.3, 0.4) is 0 Å². The third-order valence-electron chi connectivity index (χ3n) is 4.78. The summed E-state index contributed by atoms with van der Waals surface area (Å²) in [4.78, 5) is 28.9. The number of allylic oxidation sites excluding steroid dienone is 1. The molecular weight excluding hydrogens is 421 g/mol. The van der Waals surface area contributed by atoms with Crippen molar-refractivity contribution in [3.05, 3.63) is 23.2 Å². The molecular formula is C21H34N3O6P. The molecule has 3 atom stereocenters. The second-order valence-corrected chi connectivity index (χ2v) is 9.73. The van der Waals surface area contributed by atoms with Crippen LogP contribution in [-0.4, -0.2) is 78.1 Å². The molecule has 1 unspecified atom stereocenters. The van der Waals surface area contributed by atoms with Crippen LogP contribution in [0.1, 0.15) is 49.3 Å². The molecule has 0 radical (unpaired) electrons. The highest BCUT2D eigenvalue weighted by atomic mass is 31.2. The quantitative estimate of drug-likeness (QED) is 0.216. The van der Waals surface area contributed by atoms with Gasteiger partial charge < -0.3 is 23.4 Å². The van der Waals surface area contributed by atoms with Crippen LogP contribution in [0.25, 0.3) is 4.85 Å². The first-order valence-corrected chi connectivity index (χ1v) is 11.5. The van der Waals surface area contributed by atoms with Gasteiger partial charge in [-0.2, -0.15) is 0 Å². The summed E-state index contributed by atoms with van der Waals surface area (Å²) in [5.41, 5.74) is -0.608. The summed E-state index contributed by atoms with van der Waals surface area (Å²) in [7, 11) is -1.49. The first-order valence-electron chi connectivity index (χ1n) is 11.1. The van der Waals surface area contributed by atoms with Crippen molar-refractivity contribution in [3.63, 3.8) is 0 Å². The van der Waals surface area contributed by atoms with Crippen molar-refractivity contribution in [1.29, 1.82) is 0 Å². The van der Waals surface area contributed by atoms with Gasteiger partial charge >= 0.3 is 0 Å². The maximum Gasteiger partial charge on any atom is 0.259 e. The fourth-order valence-electron chi connectivity index (χ4n) is 3.36. The number of rotatable bonds is 10. The van der Waals surface area contributed by atoms with Crippen molar-refractivity contribution in [2.24, 2.45) is 0 Å².